The molecule has 13 heavy (non-hydrogen) atoms. The summed E-state index contributed by atoms with van der Waals surface area (Å²) in [5, 5.41) is 8.88. The number of ether oxygens (including phenoxy) is 1. The van der Waals surface area contributed by atoms with Gasteiger partial charge in [-0.1, -0.05) is 6.07 Å². The standard InChI is InChI=1S/C9H9IO3/c1-13-9(12)6-2-3-7(5-11)8(10)4-6/h2-4,11H,5H2,1H3. The fourth-order valence-electron chi connectivity index (χ4n) is 0.920. The minimum absolute atomic E-state index is 0.0142. The van der Waals surface area contributed by atoms with Crippen LogP contribution in [0.4, 0.5) is 0 Å². The predicted octanol–water partition coefficient (Wildman–Crippen LogP) is 1.57. The second-order valence-corrected chi connectivity index (χ2v) is 3.62. The molecule has 3 nitrogen and oxygen atoms in total. The van der Waals surface area contributed by atoms with E-state index in [0.29, 0.717) is 5.56 Å². The highest BCUT2D eigenvalue weighted by molar-refractivity contribution is 14.1. The third kappa shape index (κ3) is 2.41. The highest BCUT2D eigenvalue weighted by Gasteiger charge is 2.07. The zero-order chi connectivity index (χ0) is 9.84. The van der Waals surface area contributed by atoms with E-state index in [4.69, 9.17) is 5.11 Å². The Morgan fingerprint density at radius 1 is 1.62 bits per heavy atom. The van der Waals surface area contributed by atoms with E-state index in [9.17, 15) is 4.79 Å². The minimum Gasteiger partial charge on any atom is -0.465 e. The van der Waals surface area contributed by atoms with Crippen molar-refractivity contribution < 1.29 is 14.6 Å². The third-order valence-corrected chi connectivity index (χ3v) is 2.65. The quantitative estimate of drug-likeness (QED) is 0.665. The van der Waals surface area contributed by atoms with E-state index in [0.717, 1.165) is 9.13 Å². The molecule has 0 fully saturated rings. The number of hydrogen-bond donors (Lipinski definition) is 1. The molecule has 0 spiro atoms. The first-order valence-electron chi connectivity index (χ1n) is 3.66. The summed E-state index contributed by atoms with van der Waals surface area (Å²) < 4.78 is 5.42. The van der Waals surface area contributed by atoms with Crippen LogP contribution in [-0.4, -0.2) is 18.2 Å². The Morgan fingerprint density at radius 3 is 2.77 bits per heavy atom. The van der Waals surface area contributed by atoms with Gasteiger partial charge in [-0.2, -0.15) is 0 Å². The van der Waals surface area contributed by atoms with E-state index in [2.05, 4.69) is 27.3 Å². The summed E-state index contributed by atoms with van der Waals surface area (Å²) in [7, 11) is 1.34. The van der Waals surface area contributed by atoms with Gasteiger partial charge in [0.15, 0.2) is 0 Å². The van der Waals surface area contributed by atoms with Crippen molar-refractivity contribution in [2.24, 2.45) is 0 Å². The van der Waals surface area contributed by atoms with Crippen LogP contribution in [0.25, 0.3) is 0 Å². The third-order valence-electron chi connectivity index (χ3n) is 1.64. The summed E-state index contributed by atoms with van der Waals surface area (Å²) in [5.41, 5.74) is 1.32. The van der Waals surface area contributed by atoms with Crippen molar-refractivity contribution >= 4 is 28.6 Å². The second-order valence-electron chi connectivity index (χ2n) is 2.46. The molecule has 0 unspecified atom stereocenters. The van der Waals surface area contributed by atoms with E-state index >= 15 is 0 Å². The lowest BCUT2D eigenvalue weighted by Crippen LogP contribution is -2.02. The summed E-state index contributed by atoms with van der Waals surface area (Å²) in [4.78, 5) is 11.1. The summed E-state index contributed by atoms with van der Waals surface area (Å²) >= 11 is 2.07. The molecule has 0 aliphatic carbocycles. The van der Waals surface area contributed by atoms with E-state index in [1.807, 2.05) is 0 Å². The number of carbonyl (C=O) groups excluding carboxylic acids is 1. The zero-order valence-corrected chi connectivity index (χ0v) is 9.24. The monoisotopic (exact) mass is 292 g/mol. The highest BCUT2D eigenvalue weighted by Crippen LogP contribution is 2.15. The normalized spacial score (nSPS) is 9.77. The Bertz CT molecular complexity index is 323. The van der Waals surface area contributed by atoms with Crippen LogP contribution in [-0.2, 0) is 11.3 Å². The van der Waals surface area contributed by atoms with Crippen molar-refractivity contribution in [2.45, 2.75) is 6.61 Å². The SMILES string of the molecule is COC(=O)c1ccc(CO)c(I)c1. The molecule has 0 saturated carbocycles. The van der Waals surface area contributed by atoms with Crippen LogP contribution in [0.5, 0.6) is 0 Å². The van der Waals surface area contributed by atoms with Gasteiger partial charge in [0.25, 0.3) is 0 Å². The van der Waals surface area contributed by atoms with Gasteiger partial charge in [0, 0.05) is 3.57 Å². The molecule has 4 heteroatoms. The Morgan fingerprint density at radius 2 is 2.31 bits per heavy atom. The predicted molar refractivity (Wildman–Crippen MR) is 56.4 cm³/mol. The maximum atomic E-state index is 11.1. The molecular weight excluding hydrogens is 283 g/mol. The van der Waals surface area contributed by atoms with Gasteiger partial charge in [-0.3, -0.25) is 0 Å². The number of hydrogen-bond acceptors (Lipinski definition) is 3. The van der Waals surface area contributed by atoms with Crippen LogP contribution in [0.3, 0.4) is 0 Å². The smallest absolute Gasteiger partial charge is 0.337 e. The van der Waals surface area contributed by atoms with E-state index in [-0.39, 0.29) is 12.6 Å². The molecular formula is C9H9IO3. The number of aliphatic hydroxyl groups is 1. The Labute approximate surface area is 89.9 Å². The number of halogens is 1. The average molecular weight is 292 g/mol. The maximum absolute atomic E-state index is 11.1. The number of aliphatic hydroxyl groups excluding tert-OH is 1. The van der Waals surface area contributed by atoms with Gasteiger partial charge in [0.2, 0.25) is 0 Å². The second kappa shape index (κ2) is 4.57. The first kappa shape index (κ1) is 10.5. The van der Waals surface area contributed by atoms with Crippen LogP contribution in [0.15, 0.2) is 18.2 Å². The van der Waals surface area contributed by atoms with Crippen molar-refractivity contribution in [3.8, 4) is 0 Å². The average Bonchev–Trinajstić information content (AvgIpc) is 2.16. The molecule has 1 aromatic rings. The summed E-state index contributed by atoms with van der Waals surface area (Å²) in [6, 6.07) is 5.05. The zero-order valence-electron chi connectivity index (χ0n) is 7.08. The Balaban J connectivity index is 3.02. The molecule has 0 aliphatic rings. The van der Waals surface area contributed by atoms with Crippen LogP contribution in [0.1, 0.15) is 15.9 Å². The molecule has 0 atom stereocenters. The molecule has 0 aromatic heterocycles. The topological polar surface area (TPSA) is 46.5 Å². The molecule has 1 rings (SSSR count). The number of rotatable bonds is 2. The number of benzene rings is 1. The van der Waals surface area contributed by atoms with E-state index < -0.39 is 0 Å². The molecule has 1 N–H and O–H groups in total. The van der Waals surface area contributed by atoms with Crippen molar-refractivity contribution in [1.82, 2.24) is 0 Å². The van der Waals surface area contributed by atoms with Crippen LogP contribution < -0.4 is 0 Å². The van der Waals surface area contributed by atoms with Crippen LogP contribution in [0.2, 0.25) is 0 Å². The largest absolute Gasteiger partial charge is 0.465 e. The minimum atomic E-state index is -0.359. The van der Waals surface area contributed by atoms with Crippen molar-refractivity contribution in [3.05, 3.63) is 32.9 Å². The fourth-order valence-corrected chi connectivity index (χ4v) is 1.61. The Hall–Kier alpha value is -0.620. The lowest BCUT2D eigenvalue weighted by atomic mass is 10.1. The lowest BCUT2D eigenvalue weighted by Gasteiger charge is -2.03. The summed E-state index contributed by atoms with van der Waals surface area (Å²) in [6.45, 7) is -0.0142. The van der Waals surface area contributed by atoms with Crippen molar-refractivity contribution in [1.29, 1.82) is 0 Å². The van der Waals surface area contributed by atoms with E-state index in [1.54, 1.807) is 18.2 Å². The molecule has 0 radical (unpaired) electrons. The van der Waals surface area contributed by atoms with Gasteiger partial charge >= 0.3 is 5.97 Å². The molecule has 0 saturated heterocycles. The lowest BCUT2D eigenvalue weighted by molar-refractivity contribution is 0.0600. The van der Waals surface area contributed by atoms with Crippen LogP contribution >= 0.6 is 22.6 Å². The highest BCUT2D eigenvalue weighted by atomic mass is 127. The number of methoxy groups -OCH3 is 1. The van der Waals surface area contributed by atoms with Gasteiger partial charge in [-0.15, -0.1) is 0 Å². The van der Waals surface area contributed by atoms with Gasteiger partial charge in [-0.05, 0) is 40.3 Å². The first-order chi connectivity index (χ1) is 6.19. The molecule has 0 bridgehead atoms. The van der Waals surface area contributed by atoms with Crippen LogP contribution in [0, 0.1) is 3.57 Å². The number of carbonyl (C=O) groups is 1. The maximum Gasteiger partial charge on any atom is 0.337 e. The first-order valence-corrected chi connectivity index (χ1v) is 4.74. The number of esters is 1. The van der Waals surface area contributed by atoms with Crippen molar-refractivity contribution in [3.63, 3.8) is 0 Å². The fraction of sp³-hybridized carbons (Fsp3) is 0.222. The van der Waals surface area contributed by atoms with E-state index in [1.165, 1.54) is 7.11 Å². The summed E-state index contributed by atoms with van der Waals surface area (Å²) in [5.74, 6) is -0.359. The Kier molecular flexibility index (Phi) is 3.68. The van der Waals surface area contributed by atoms with Gasteiger partial charge < -0.3 is 9.84 Å². The molecule has 0 amide bonds. The van der Waals surface area contributed by atoms with Gasteiger partial charge in [-0.25, -0.2) is 4.79 Å². The van der Waals surface area contributed by atoms with Gasteiger partial charge in [0.1, 0.15) is 0 Å². The molecule has 0 heterocycles. The summed E-state index contributed by atoms with van der Waals surface area (Å²) in [6.07, 6.45) is 0. The van der Waals surface area contributed by atoms with Crippen molar-refractivity contribution in [2.75, 3.05) is 7.11 Å². The molecule has 70 valence electrons. The molecule has 0 aliphatic heterocycles. The van der Waals surface area contributed by atoms with Gasteiger partial charge in [0.05, 0.1) is 19.3 Å². The molecule has 1 aromatic carbocycles.